The Hall–Kier alpha value is -1.64. The first-order chi connectivity index (χ1) is 11.5. The molecule has 1 N–H and O–H groups in total. The molecule has 2 saturated heterocycles. The fourth-order valence-corrected chi connectivity index (χ4v) is 5.22. The zero-order valence-corrected chi connectivity index (χ0v) is 14.4. The van der Waals surface area contributed by atoms with E-state index in [1.807, 2.05) is 4.68 Å². The highest BCUT2D eigenvalue weighted by Gasteiger charge is 2.32. The van der Waals surface area contributed by atoms with Crippen LogP contribution in [-0.2, 0) is 9.84 Å². The number of carbonyl (C=O) groups excluding carboxylic acids is 1. The summed E-state index contributed by atoms with van der Waals surface area (Å²) in [5.74, 6) is 0.848. The number of piperidine rings is 1. The van der Waals surface area contributed by atoms with Crippen molar-refractivity contribution < 1.29 is 13.2 Å². The number of aromatic nitrogens is 3. The lowest BCUT2D eigenvalue weighted by Gasteiger charge is -2.32. The molecule has 3 aliphatic rings. The van der Waals surface area contributed by atoms with E-state index in [9.17, 15) is 13.2 Å². The number of sulfone groups is 1. The molecule has 3 fully saturated rings. The van der Waals surface area contributed by atoms with Crippen LogP contribution in [0.4, 0.5) is 4.79 Å². The van der Waals surface area contributed by atoms with Gasteiger partial charge in [-0.15, -0.1) is 5.10 Å². The van der Waals surface area contributed by atoms with Crippen LogP contribution in [0.1, 0.15) is 49.8 Å². The fourth-order valence-electron chi connectivity index (χ4n) is 3.54. The number of amides is 2. The van der Waals surface area contributed by atoms with E-state index in [-0.39, 0.29) is 23.6 Å². The standard InChI is InChI=1S/C15H23N5O3S/c21-15(16-12-5-8-24(22,23)10-12)19-6-3-13(4-7-19)20-9-14(17-18-20)11-1-2-11/h9,11-13H,1-8,10H2,(H,16,21)/t12-/m1/s1. The Morgan fingerprint density at radius 2 is 1.92 bits per heavy atom. The quantitative estimate of drug-likeness (QED) is 0.862. The third-order valence-electron chi connectivity index (χ3n) is 5.21. The molecule has 4 rings (SSSR count). The molecule has 2 aliphatic heterocycles. The van der Waals surface area contributed by atoms with Gasteiger partial charge < -0.3 is 10.2 Å². The van der Waals surface area contributed by atoms with Gasteiger partial charge in [-0.25, -0.2) is 17.9 Å². The number of rotatable bonds is 3. The predicted molar refractivity (Wildman–Crippen MR) is 87.4 cm³/mol. The van der Waals surface area contributed by atoms with E-state index in [0.717, 1.165) is 18.5 Å². The number of likely N-dealkylation sites (tertiary alicyclic amines) is 1. The molecule has 1 atom stereocenters. The Morgan fingerprint density at radius 1 is 1.17 bits per heavy atom. The van der Waals surface area contributed by atoms with E-state index < -0.39 is 9.84 Å². The van der Waals surface area contributed by atoms with Crippen LogP contribution in [0.5, 0.6) is 0 Å². The molecule has 24 heavy (non-hydrogen) atoms. The molecule has 1 aromatic rings. The van der Waals surface area contributed by atoms with E-state index >= 15 is 0 Å². The van der Waals surface area contributed by atoms with E-state index in [2.05, 4.69) is 21.8 Å². The van der Waals surface area contributed by atoms with Gasteiger partial charge in [0, 0.05) is 31.2 Å². The summed E-state index contributed by atoms with van der Waals surface area (Å²) < 4.78 is 24.9. The van der Waals surface area contributed by atoms with Crippen molar-refractivity contribution in [1.82, 2.24) is 25.2 Å². The van der Waals surface area contributed by atoms with E-state index in [1.165, 1.54) is 12.8 Å². The topological polar surface area (TPSA) is 97.2 Å². The van der Waals surface area contributed by atoms with Gasteiger partial charge >= 0.3 is 6.03 Å². The average Bonchev–Trinajstić information content (AvgIpc) is 3.19. The third-order valence-corrected chi connectivity index (χ3v) is 6.98. The van der Waals surface area contributed by atoms with Crippen LogP contribution in [0, 0.1) is 0 Å². The van der Waals surface area contributed by atoms with E-state index in [1.54, 1.807) is 4.90 Å². The minimum absolute atomic E-state index is 0.0676. The molecule has 0 spiro atoms. The number of nitrogens with one attached hydrogen (secondary N) is 1. The summed E-state index contributed by atoms with van der Waals surface area (Å²) in [6.07, 6.45) is 6.71. The van der Waals surface area contributed by atoms with Gasteiger partial charge in [0.1, 0.15) is 0 Å². The van der Waals surface area contributed by atoms with Gasteiger partial charge in [-0.05, 0) is 32.1 Å². The summed E-state index contributed by atoms with van der Waals surface area (Å²) in [6.45, 7) is 1.32. The van der Waals surface area contributed by atoms with E-state index in [4.69, 9.17) is 0 Å². The molecule has 8 nitrogen and oxygen atoms in total. The van der Waals surface area contributed by atoms with Crippen molar-refractivity contribution >= 4 is 15.9 Å². The lowest BCUT2D eigenvalue weighted by molar-refractivity contribution is 0.165. The predicted octanol–water partition coefficient (Wildman–Crippen LogP) is 0.689. The summed E-state index contributed by atoms with van der Waals surface area (Å²) in [5.41, 5.74) is 1.10. The monoisotopic (exact) mass is 353 g/mol. The van der Waals surface area contributed by atoms with Crippen LogP contribution in [-0.4, -0.2) is 65.0 Å². The molecule has 1 aromatic heterocycles. The van der Waals surface area contributed by atoms with Crippen molar-refractivity contribution in [2.75, 3.05) is 24.6 Å². The van der Waals surface area contributed by atoms with Crippen LogP contribution < -0.4 is 5.32 Å². The number of hydrogen-bond donors (Lipinski definition) is 1. The lowest BCUT2D eigenvalue weighted by atomic mass is 10.1. The molecule has 132 valence electrons. The van der Waals surface area contributed by atoms with Gasteiger partial charge in [0.05, 0.1) is 23.2 Å². The highest BCUT2D eigenvalue weighted by atomic mass is 32.2. The van der Waals surface area contributed by atoms with Crippen molar-refractivity contribution in [2.45, 2.75) is 50.1 Å². The first kappa shape index (κ1) is 15.9. The normalized spacial score (nSPS) is 27.3. The Labute approximate surface area is 141 Å². The zero-order chi connectivity index (χ0) is 16.7. The van der Waals surface area contributed by atoms with Crippen LogP contribution in [0.15, 0.2) is 6.20 Å². The highest BCUT2D eigenvalue weighted by Crippen LogP contribution is 2.39. The molecule has 9 heteroatoms. The van der Waals surface area contributed by atoms with Crippen molar-refractivity contribution in [1.29, 1.82) is 0 Å². The summed E-state index contributed by atoms with van der Waals surface area (Å²) >= 11 is 0. The van der Waals surface area contributed by atoms with Crippen LogP contribution >= 0.6 is 0 Å². The maximum Gasteiger partial charge on any atom is 0.317 e. The highest BCUT2D eigenvalue weighted by molar-refractivity contribution is 7.91. The third kappa shape index (κ3) is 3.40. The van der Waals surface area contributed by atoms with Crippen LogP contribution in [0.3, 0.4) is 0 Å². The number of hydrogen-bond acceptors (Lipinski definition) is 5. The first-order valence-corrected chi connectivity index (χ1v) is 10.5. The van der Waals surface area contributed by atoms with Gasteiger partial charge in [0.2, 0.25) is 0 Å². The van der Waals surface area contributed by atoms with E-state index in [0.29, 0.717) is 31.5 Å². The molecule has 0 radical (unpaired) electrons. The number of urea groups is 1. The summed E-state index contributed by atoms with van der Waals surface area (Å²) in [4.78, 5) is 14.1. The number of nitrogens with zero attached hydrogens (tertiary/aromatic N) is 4. The number of carbonyl (C=O) groups is 1. The van der Waals surface area contributed by atoms with Gasteiger partial charge in [0.15, 0.2) is 9.84 Å². The zero-order valence-electron chi connectivity index (χ0n) is 13.6. The van der Waals surface area contributed by atoms with Gasteiger partial charge in [-0.2, -0.15) is 0 Å². The second kappa shape index (κ2) is 6.02. The first-order valence-electron chi connectivity index (χ1n) is 8.68. The smallest absolute Gasteiger partial charge is 0.317 e. The minimum Gasteiger partial charge on any atom is -0.334 e. The average molecular weight is 353 g/mol. The van der Waals surface area contributed by atoms with Crippen molar-refractivity contribution in [3.05, 3.63) is 11.9 Å². The second-order valence-electron chi connectivity index (χ2n) is 7.17. The van der Waals surface area contributed by atoms with Gasteiger partial charge in [-0.3, -0.25) is 0 Å². The maximum atomic E-state index is 12.3. The summed E-state index contributed by atoms with van der Waals surface area (Å²) in [5, 5.41) is 11.4. The van der Waals surface area contributed by atoms with Gasteiger partial charge in [-0.1, -0.05) is 5.21 Å². The van der Waals surface area contributed by atoms with Crippen molar-refractivity contribution in [2.24, 2.45) is 0 Å². The van der Waals surface area contributed by atoms with Crippen LogP contribution in [0.25, 0.3) is 0 Å². The minimum atomic E-state index is -2.97. The fraction of sp³-hybridized carbons (Fsp3) is 0.800. The van der Waals surface area contributed by atoms with Crippen molar-refractivity contribution in [3.63, 3.8) is 0 Å². The molecule has 0 unspecified atom stereocenters. The second-order valence-corrected chi connectivity index (χ2v) is 9.39. The Morgan fingerprint density at radius 3 is 2.54 bits per heavy atom. The van der Waals surface area contributed by atoms with Crippen molar-refractivity contribution in [3.8, 4) is 0 Å². The Kier molecular flexibility index (Phi) is 3.98. The molecular weight excluding hydrogens is 330 g/mol. The summed E-state index contributed by atoms with van der Waals surface area (Å²) in [7, 11) is -2.97. The molecule has 0 bridgehead atoms. The van der Waals surface area contributed by atoms with Gasteiger partial charge in [0.25, 0.3) is 0 Å². The largest absolute Gasteiger partial charge is 0.334 e. The molecule has 0 aromatic carbocycles. The molecule has 1 saturated carbocycles. The van der Waals surface area contributed by atoms with Crippen LogP contribution in [0.2, 0.25) is 0 Å². The molecular formula is C15H23N5O3S. The Bertz CT molecular complexity index is 719. The summed E-state index contributed by atoms with van der Waals surface area (Å²) in [6, 6.07) is -0.0923. The molecule has 1 aliphatic carbocycles. The molecule has 2 amide bonds. The molecule has 3 heterocycles. The Balaban J connectivity index is 1.28. The lowest BCUT2D eigenvalue weighted by Crippen LogP contribution is -2.48. The maximum absolute atomic E-state index is 12.3. The SMILES string of the molecule is O=C(N[C@@H]1CCS(=O)(=O)C1)N1CCC(n2cc(C3CC3)nn2)CC1.